The van der Waals surface area contributed by atoms with Crippen LogP contribution in [0, 0.1) is 6.92 Å². The molecule has 0 unspecified atom stereocenters. The smallest absolute Gasteiger partial charge is 0.188 e. The van der Waals surface area contributed by atoms with Crippen LogP contribution < -0.4 is 0 Å². The number of Topliss-reactive ketones (excluding diaryl/α,β-unsaturated/α-hetero) is 1. The van der Waals surface area contributed by atoms with E-state index >= 15 is 0 Å². The van der Waals surface area contributed by atoms with E-state index < -0.39 is 6.61 Å². The standard InChI is InChI=1S/C9H10O3/c1-6-2-3-7(4-8(6)11)9(12)5-10/h2-4,10-11H,5H2,1H3. The molecule has 0 fully saturated rings. The van der Waals surface area contributed by atoms with Gasteiger partial charge in [0.1, 0.15) is 12.4 Å². The fourth-order valence-corrected chi connectivity index (χ4v) is 0.874. The number of carbonyl (C=O) groups excluding carboxylic acids is 1. The number of carbonyl (C=O) groups is 1. The molecule has 0 aromatic heterocycles. The second kappa shape index (κ2) is 3.36. The van der Waals surface area contributed by atoms with E-state index in [4.69, 9.17) is 5.11 Å². The summed E-state index contributed by atoms with van der Waals surface area (Å²) in [5.41, 5.74) is 1.05. The number of ketones is 1. The van der Waals surface area contributed by atoms with Gasteiger partial charge in [-0.2, -0.15) is 0 Å². The number of aromatic hydroxyl groups is 1. The van der Waals surface area contributed by atoms with Gasteiger partial charge in [-0.1, -0.05) is 12.1 Å². The lowest BCUT2D eigenvalue weighted by Gasteiger charge is -2.00. The van der Waals surface area contributed by atoms with Crippen LogP contribution >= 0.6 is 0 Å². The van der Waals surface area contributed by atoms with E-state index in [2.05, 4.69) is 0 Å². The summed E-state index contributed by atoms with van der Waals surface area (Å²) in [4.78, 5) is 10.9. The Balaban J connectivity index is 3.05. The zero-order valence-corrected chi connectivity index (χ0v) is 6.74. The first-order valence-corrected chi connectivity index (χ1v) is 3.59. The van der Waals surface area contributed by atoms with Crippen LogP contribution in [0.25, 0.3) is 0 Å². The Morgan fingerprint density at radius 1 is 1.50 bits per heavy atom. The number of phenols is 1. The number of benzene rings is 1. The van der Waals surface area contributed by atoms with Crippen molar-refractivity contribution in [1.82, 2.24) is 0 Å². The molecule has 12 heavy (non-hydrogen) atoms. The predicted molar refractivity (Wildman–Crippen MR) is 44.3 cm³/mol. The first-order valence-electron chi connectivity index (χ1n) is 3.59. The van der Waals surface area contributed by atoms with Crippen molar-refractivity contribution in [2.75, 3.05) is 6.61 Å². The molecule has 1 aromatic rings. The summed E-state index contributed by atoms with van der Waals surface area (Å²) in [6.07, 6.45) is 0. The number of aliphatic hydroxyl groups is 1. The second-order valence-corrected chi connectivity index (χ2v) is 2.58. The van der Waals surface area contributed by atoms with Crippen LogP contribution in [0.2, 0.25) is 0 Å². The molecule has 0 aliphatic rings. The van der Waals surface area contributed by atoms with Gasteiger partial charge in [0.05, 0.1) is 0 Å². The molecule has 0 spiro atoms. The molecule has 0 amide bonds. The quantitative estimate of drug-likeness (QED) is 0.641. The summed E-state index contributed by atoms with van der Waals surface area (Å²) in [7, 11) is 0. The van der Waals surface area contributed by atoms with Gasteiger partial charge in [-0.15, -0.1) is 0 Å². The topological polar surface area (TPSA) is 57.5 Å². The lowest BCUT2D eigenvalue weighted by atomic mass is 10.1. The van der Waals surface area contributed by atoms with Gasteiger partial charge >= 0.3 is 0 Å². The second-order valence-electron chi connectivity index (χ2n) is 2.58. The van der Waals surface area contributed by atoms with E-state index in [0.29, 0.717) is 11.1 Å². The van der Waals surface area contributed by atoms with Gasteiger partial charge in [0.15, 0.2) is 5.78 Å². The van der Waals surface area contributed by atoms with Crippen molar-refractivity contribution in [1.29, 1.82) is 0 Å². The molecular formula is C9H10O3. The average molecular weight is 166 g/mol. The number of hydrogen-bond acceptors (Lipinski definition) is 3. The lowest BCUT2D eigenvalue weighted by Crippen LogP contribution is -2.03. The molecule has 1 rings (SSSR count). The lowest BCUT2D eigenvalue weighted by molar-refractivity contribution is 0.0903. The van der Waals surface area contributed by atoms with Crippen LogP contribution in [0.4, 0.5) is 0 Å². The number of rotatable bonds is 2. The van der Waals surface area contributed by atoms with Crippen LogP contribution in [0.3, 0.4) is 0 Å². The minimum Gasteiger partial charge on any atom is -0.508 e. The van der Waals surface area contributed by atoms with E-state index in [1.54, 1.807) is 19.1 Å². The molecule has 1 aromatic carbocycles. The van der Waals surface area contributed by atoms with Crippen molar-refractivity contribution in [3.8, 4) is 5.75 Å². The van der Waals surface area contributed by atoms with Crippen molar-refractivity contribution < 1.29 is 15.0 Å². The van der Waals surface area contributed by atoms with E-state index in [1.165, 1.54) is 6.07 Å². The summed E-state index contributed by atoms with van der Waals surface area (Å²) in [5.74, 6) is -0.306. The summed E-state index contributed by atoms with van der Waals surface area (Å²) in [6, 6.07) is 4.57. The Hall–Kier alpha value is -1.35. The Morgan fingerprint density at radius 2 is 2.17 bits per heavy atom. The van der Waals surface area contributed by atoms with Gasteiger partial charge in [-0.3, -0.25) is 4.79 Å². The zero-order valence-electron chi connectivity index (χ0n) is 6.74. The number of hydrogen-bond donors (Lipinski definition) is 2. The number of aliphatic hydroxyl groups excluding tert-OH is 1. The number of aryl methyl sites for hydroxylation is 1. The van der Waals surface area contributed by atoms with Gasteiger partial charge in [0.25, 0.3) is 0 Å². The Bertz CT molecular complexity index is 305. The maximum Gasteiger partial charge on any atom is 0.188 e. The van der Waals surface area contributed by atoms with E-state index in [9.17, 15) is 9.90 Å². The van der Waals surface area contributed by atoms with E-state index in [1.807, 2.05) is 0 Å². The summed E-state index contributed by atoms with van der Waals surface area (Å²) >= 11 is 0. The third-order valence-corrected chi connectivity index (χ3v) is 1.67. The van der Waals surface area contributed by atoms with E-state index in [0.717, 1.165) is 0 Å². The maximum absolute atomic E-state index is 10.9. The summed E-state index contributed by atoms with van der Waals surface area (Å²) < 4.78 is 0. The minimum absolute atomic E-state index is 0.0781. The molecule has 64 valence electrons. The first-order chi connectivity index (χ1) is 5.65. The highest BCUT2D eigenvalue weighted by molar-refractivity contribution is 5.97. The predicted octanol–water partition coefficient (Wildman–Crippen LogP) is 0.876. The Morgan fingerprint density at radius 3 is 2.67 bits per heavy atom. The highest BCUT2D eigenvalue weighted by Gasteiger charge is 2.05. The summed E-state index contributed by atoms with van der Waals surface area (Å²) in [5, 5.41) is 17.7. The van der Waals surface area contributed by atoms with Crippen LogP contribution in [-0.4, -0.2) is 22.6 Å². The van der Waals surface area contributed by atoms with Crippen molar-refractivity contribution in [2.24, 2.45) is 0 Å². The average Bonchev–Trinajstić information content (AvgIpc) is 2.08. The molecule has 0 heterocycles. The SMILES string of the molecule is Cc1ccc(C(=O)CO)cc1O. The van der Waals surface area contributed by atoms with Gasteiger partial charge < -0.3 is 10.2 Å². The molecular weight excluding hydrogens is 156 g/mol. The highest BCUT2D eigenvalue weighted by Crippen LogP contribution is 2.17. The number of phenolic OH excluding ortho intramolecular Hbond substituents is 1. The van der Waals surface area contributed by atoms with E-state index in [-0.39, 0.29) is 11.5 Å². The van der Waals surface area contributed by atoms with Crippen molar-refractivity contribution in [3.63, 3.8) is 0 Å². The van der Waals surface area contributed by atoms with Crippen molar-refractivity contribution >= 4 is 5.78 Å². The van der Waals surface area contributed by atoms with Crippen LogP contribution in [0.1, 0.15) is 15.9 Å². The first kappa shape index (κ1) is 8.74. The molecule has 3 nitrogen and oxygen atoms in total. The molecule has 0 radical (unpaired) electrons. The zero-order chi connectivity index (χ0) is 9.14. The molecule has 0 bridgehead atoms. The molecule has 3 heteroatoms. The molecule has 0 atom stereocenters. The monoisotopic (exact) mass is 166 g/mol. The third-order valence-electron chi connectivity index (χ3n) is 1.67. The third kappa shape index (κ3) is 1.62. The fourth-order valence-electron chi connectivity index (χ4n) is 0.874. The normalized spacial score (nSPS) is 9.83. The Kier molecular flexibility index (Phi) is 2.45. The van der Waals surface area contributed by atoms with Gasteiger partial charge in [0, 0.05) is 5.56 Å². The van der Waals surface area contributed by atoms with Gasteiger partial charge in [0.2, 0.25) is 0 Å². The van der Waals surface area contributed by atoms with Gasteiger partial charge in [-0.05, 0) is 18.6 Å². The van der Waals surface area contributed by atoms with Crippen LogP contribution in [0.5, 0.6) is 5.75 Å². The van der Waals surface area contributed by atoms with Crippen molar-refractivity contribution in [3.05, 3.63) is 29.3 Å². The van der Waals surface area contributed by atoms with Crippen LogP contribution in [0.15, 0.2) is 18.2 Å². The Labute approximate surface area is 70.3 Å². The molecule has 0 aliphatic heterocycles. The highest BCUT2D eigenvalue weighted by atomic mass is 16.3. The van der Waals surface area contributed by atoms with Crippen LogP contribution in [-0.2, 0) is 0 Å². The molecule has 0 aliphatic carbocycles. The molecule has 0 saturated carbocycles. The van der Waals surface area contributed by atoms with Gasteiger partial charge in [-0.25, -0.2) is 0 Å². The fraction of sp³-hybridized carbons (Fsp3) is 0.222. The molecule has 0 saturated heterocycles. The van der Waals surface area contributed by atoms with Crippen molar-refractivity contribution in [2.45, 2.75) is 6.92 Å². The summed E-state index contributed by atoms with van der Waals surface area (Å²) in [6.45, 7) is 1.21. The minimum atomic E-state index is -0.525. The largest absolute Gasteiger partial charge is 0.508 e. The molecule has 2 N–H and O–H groups in total. The maximum atomic E-state index is 10.9.